The van der Waals surface area contributed by atoms with Crippen molar-refractivity contribution in [1.82, 2.24) is 4.72 Å². The number of hydrogen-bond acceptors (Lipinski definition) is 7. The van der Waals surface area contributed by atoms with Crippen LogP contribution in [0.2, 0.25) is 0 Å². The summed E-state index contributed by atoms with van der Waals surface area (Å²) in [4.78, 5) is 10.8. The van der Waals surface area contributed by atoms with Crippen molar-refractivity contribution in [3.63, 3.8) is 0 Å². The van der Waals surface area contributed by atoms with Crippen LogP contribution in [-0.4, -0.2) is 22.7 Å². The van der Waals surface area contributed by atoms with Gasteiger partial charge in [-0.2, -0.15) is 8.42 Å². The minimum atomic E-state index is -4.16. The van der Waals surface area contributed by atoms with Gasteiger partial charge in [-0.05, 0) is 54.6 Å². The molecule has 32 heavy (non-hydrogen) atoms. The third-order valence-corrected chi connectivity index (χ3v) is 6.90. The van der Waals surface area contributed by atoms with Gasteiger partial charge in [0.2, 0.25) is 5.91 Å². The Hall–Kier alpha value is -3.44. The molecule has 0 aromatic heterocycles. The van der Waals surface area contributed by atoms with Crippen LogP contribution < -0.4 is 14.2 Å². The molecule has 0 unspecified atom stereocenters. The van der Waals surface area contributed by atoms with Crippen molar-refractivity contribution < 1.29 is 30.2 Å². The lowest BCUT2D eigenvalue weighted by Gasteiger charge is -2.13. The molecule has 1 amide bonds. The van der Waals surface area contributed by atoms with Crippen molar-refractivity contribution in [2.24, 2.45) is 0 Å². The first-order chi connectivity index (χ1) is 15.1. The average molecular weight is 479 g/mol. The third kappa shape index (κ3) is 5.83. The maximum absolute atomic E-state index is 13.1. The van der Waals surface area contributed by atoms with Crippen LogP contribution in [0.5, 0.6) is 5.75 Å². The van der Waals surface area contributed by atoms with Crippen LogP contribution in [0.4, 0.5) is 10.1 Å². The van der Waals surface area contributed by atoms with Crippen LogP contribution in [-0.2, 0) is 31.5 Å². The fraction of sp³-hybridized carbons (Fsp3) is 0.0952. The minimum absolute atomic E-state index is 0.0765. The molecule has 0 heterocycles. The summed E-state index contributed by atoms with van der Waals surface area (Å²) in [6.45, 7) is 1.27. The zero-order valence-corrected chi connectivity index (χ0v) is 18.4. The summed E-state index contributed by atoms with van der Waals surface area (Å²) < 4.78 is 69.2. The Balaban J connectivity index is 1.73. The second kappa shape index (κ2) is 9.37. The zero-order chi connectivity index (χ0) is 23.4. The number of carbonyl (C=O) groups is 1. The quantitative estimate of drug-likeness (QED) is 0.478. The summed E-state index contributed by atoms with van der Waals surface area (Å²) in [7, 11) is -8.10. The van der Waals surface area contributed by atoms with Crippen molar-refractivity contribution in [3.8, 4) is 5.75 Å². The molecule has 0 fully saturated rings. The van der Waals surface area contributed by atoms with E-state index in [-0.39, 0.29) is 22.1 Å². The standard InChI is InChI=1S/C21H19FN2O6S2/c1-15(25)24-31(26,27)19-12-8-18(9-13-19)23-14-16-4-2-3-5-21(16)30-32(28,29)20-10-6-17(22)7-11-20/h2-13,23H,14H2,1H3,(H,24,25). The number of sulfonamides is 1. The van der Waals surface area contributed by atoms with E-state index in [1.54, 1.807) is 18.2 Å². The topological polar surface area (TPSA) is 119 Å². The van der Waals surface area contributed by atoms with E-state index in [9.17, 15) is 26.0 Å². The van der Waals surface area contributed by atoms with Crippen molar-refractivity contribution >= 4 is 31.7 Å². The Labute approximate surface area is 185 Å². The molecule has 0 saturated carbocycles. The van der Waals surface area contributed by atoms with Gasteiger partial charge in [0.1, 0.15) is 16.5 Å². The van der Waals surface area contributed by atoms with E-state index in [4.69, 9.17) is 4.18 Å². The molecule has 0 aliphatic carbocycles. The lowest BCUT2D eigenvalue weighted by atomic mass is 10.2. The first-order valence-electron chi connectivity index (χ1n) is 9.22. The lowest BCUT2D eigenvalue weighted by Crippen LogP contribution is -2.28. The predicted octanol–water partition coefficient (Wildman–Crippen LogP) is 3.03. The van der Waals surface area contributed by atoms with Gasteiger partial charge in [0.25, 0.3) is 10.0 Å². The normalized spacial score (nSPS) is 11.6. The minimum Gasteiger partial charge on any atom is -0.381 e. The molecule has 0 radical (unpaired) electrons. The molecular formula is C21H19FN2O6S2. The molecule has 8 nitrogen and oxygen atoms in total. The molecule has 3 rings (SSSR count). The molecule has 0 saturated heterocycles. The first kappa shape index (κ1) is 23.2. The highest BCUT2D eigenvalue weighted by atomic mass is 32.2. The molecule has 11 heteroatoms. The maximum atomic E-state index is 13.1. The summed E-state index contributed by atoms with van der Waals surface area (Å²) in [6, 6.07) is 16.4. The van der Waals surface area contributed by atoms with Crippen LogP contribution in [0.15, 0.2) is 82.6 Å². The second-order valence-corrected chi connectivity index (χ2v) is 9.87. The molecule has 2 N–H and O–H groups in total. The SMILES string of the molecule is CC(=O)NS(=O)(=O)c1ccc(NCc2ccccc2OS(=O)(=O)c2ccc(F)cc2)cc1. The third-order valence-electron chi connectivity index (χ3n) is 4.20. The Bertz CT molecular complexity index is 1320. The monoisotopic (exact) mass is 478 g/mol. The van der Waals surface area contributed by atoms with Crippen molar-refractivity contribution in [3.05, 3.63) is 84.2 Å². The second-order valence-electron chi connectivity index (χ2n) is 6.64. The van der Waals surface area contributed by atoms with E-state index in [1.807, 2.05) is 4.72 Å². The van der Waals surface area contributed by atoms with Crippen LogP contribution in [0.3, 0.4) is 0 Å². The summed E-state index contributed by atoms with van der Waals surface area (Å²) in [5.41, 5.74) is 1.08. The largest absolute Gasteiger partial charge is 0.381 e. The predicted molar refractivity (Wildman–Crippen MR) is 115 cm³/mol. The van der Waals surface area contributed by atoms with Crippen molar-refractivity contribution in [2.45, 2.75) is 23.3 Å². The summed E-state index contributed by atoms with van der Waals surface area (Å²) in [5, 5.41) is 3.05. The summed E-state index contributed by atoms with van der Waals surface area (Å²) in [5.74, 6) is -1.17. The molecule has 168 valence electrons. The molecule has 0 bridgehead atoms. The van der Waals surface area contributed by atoms with Crippen LogP contribution >= 0.6 is 0 Å². The molecule has 0 atom stereocenters. The van der Waals surface area contributed by atoms with E-state index in [2.05, 4.69) is 5.32 Å². The van der Waals surface area contributed by atoms with E-state index in [0.717, 1.165) is 31.2 Å². The Morgan fingerprint density at radius 3 is 2.09 bits per heavy atom. The number of anilines is 1. The number of halogens is 1. The van der Waals surface area contributed by atoms with Gasteiger partial charge >= 0.3 is 10.1 Å². The van der Waals surface area contributed by atoms with E-state index in [0.29, 0.717) is 11.3 Å². The number of para-hydroxylation sites is 1. The van der Waals surface area contributed by atoms with Gasteiger partial charge < -0.3 is 9.50 Å². The van der Waals surface area contributed by atoms with Gasteiger partial charge in [-0.1, -0.05) is 18.2 Å². The lowest BCUT2D eigenvalue weighted by molar-refractivity contribution is -0.117. The highest BCUT2D eigenvalue weighted by Crippen LogP contribution is 2.24. The number of hydrogen-bond donors (Lipinski definition) is 2. The van der Waals surface area contributed by atoms with Crippen molar-refractivity contribution in [1.29, 1.82) is 0 Å². The average Bonchev–Trinajstić information content (AvgIpc) is 2.72. The van der Waals surface area contributed by atoms with E-state index >= 15 is 0 Å². The Kier molecular flexibility index (Phi) is 6.80. The molecular weight excluding hydrogens is 459 g/mol. The van der Waals surface area contributed by atoms with Gasteiger partial charge in [0.05, 0.1) is 4.90 Å². The van der Waals surface area contributed by atoms with Gasteiger partial charge in [0, 0.05) is 24.7 Å². The van der Waals surface area contributed by atoms with Crippen LogP contribution in [0.1, 0.15) is 12.5 Å². The molecule has 3 aromatic carbocycles. The smallest absolute Gasteiger partial charge is 0.339 e. The zero-order valence-electron chi connectivity index (χ0n) is 16.8. The molecule has 0 aliphatic rings. The van der Waals surface area contributed by atoms with E-state index in [1.165, 1.54) is 30.3 Å². The number of rotatable bonds is 8. The molecule has 0 aliphatic heterocycles. The summed E-state index contributed by atoms with van der Waals surface area (Å²) in [6.07, 6.45) is 0. The number of amides is 1. The summed E-state index contributed by atoms with van der Waals surface area (Å²) >= 11 is 0. The fourth-order valence-electron chi connectivity index (χ4n) is 2.70. The Morgan fingerprint density at radius 2 is 1.47 bits per heavy atom. The number of benzene rings is 3. The molecule has 3 aromatic rings. The number of nitrogens with one attached hydrogen (secondary N) is 2. The van der Waals surface area contributed by atoms with Crippen molar-refractivity contribution in [2.75, 3.05) is 5.32 Å². The Morgan fingerprint density at radius 1 is 0.875 bits per heavy atom. The van der Waals surface area contributed by atoms with Gasteiger partial charge in [0.15, 0.2) is 0 Å². The first-order valence-corrected chi connectivity index (χ1v) is 12.1. The molecule has 0 spiro atoms. The highest BCUT2D eigenvalue weighted by molar-refractivity contribution is 7.90. The van der Waals surface area contributed by atoms with Gasteiger partial charge in [-0.25, -0.2) is 17.5 Å². The highest BCUT2D eigenvalue weighted by Gasteiger charge is 2.19. The van der Waals surface area contributed by atoms with Crippen LogP contribution in [0.25, 0.3) is 0 Å². The van der Waals surface area contributed by atoms with Crippen LogP contribution in [0, 0.1) is 5.82 Å². The number of carbonyl (C=O) groups excluding carboxylic acids is 1. The maximum Gasteiger partial charge on any atom is 0.339 e. The van der Waals surface area contributed by atoms with Gasteiger partial charge in [-0.3, -0.25) is 4.79 Å². The van der Waals surface area contributed by atoms with Gasteiger partial charge in [-0.15, -0.1) is 0 Å². The van der Waals surface area contributed by atoms with E-state index < -0.39 is 31.9 Å². The fourth-order valence-corrected chi connectivity index (χ4v) is 4.65.